The molecule has 140 valence electrons. The Morgan fingerprint density at radius 3 is 2.46 bits per heavy atom. The fourth-order valence-electron chi connectivity index (χ4n) is 2.91. The third-order valence-electron chi connectivity index (χ3n) is 4.19. The van der Waals surface area contributed by atoms with Gasteiger partial charge in [0.15, 0.2) is 6.61 Å². The average Bonchev–Trinajstić information content (AvgIpc) is 2.92. The third-order valence-corrected chi connectivity index (χ3v) is 4.19. The molecule has 1 amide bonds. The molecule has 7 heteroatoms. The van der Waals surface area contributed by atoms with Crippen LogP contribution in [0, 0.1) is 13.8 Å². The highest BCUT2D eigenvalue weighted by Gasteiger charge is 2.21. The van der Waals surface area contributed by atoms with E-state index < -0.39 is 5.97 Å². The highest BCUT2D eigenvalue weighted by Crippen LogP contribution is 2.26. The smallest absolute Gasteiger partial charge is 0.341 e. The molecule has 7 nitrogen and oxygen atoms in total. The first-order valence-electron chi connectivity index (χ1n) is 8.38. The van der Waals surface area contributed by atoms with Gasteiger partial charge >= 0.3 is 5.97 Å². The Kier molecular flexibility index (Phi) is 6.38. The topological polar surface area (TPSA) is 92.9 Å². The van der Waals surface area contributed by atoms with Gasteiger partial charge in [0.1, 0.15) is 11.5 Å². The van der Waals surface area contributed by atoms with Gasteiger partial charge in [-0.05, 0) is 37.5 Å². The molecule has 0 aliphatic heterocycles. The lowest BCUT2D eigenvalue weighted by atomic mass is 9.95. The van der Waals surface area contributed by atoms with Crippen molar-refractivity contribution in [1.82, 2.24) is 10.1 Å². The van der Waals surface area contributed by atoms with E-state index in [-0.39, 0.29) is 18.4 Å². The Labute approximate surface area is 152 Å². The number of rotatable bonds is 8. The van der Waals surface area contributed by atoms with Crippen LogP contribution in [0.2, 0.25) is 0 Å². The molecule has 1 atom stereocenters. The molecule has 2 rings (SSSR count). The summed E-state index contributed by atoms with van der Waals surface area (Å²) in [7, 11) is 1.76. The Morgan fingerprint density at radius 1 is 1.27 bits per heavy atom. The summed E-state index contributed by atoms with van der Waals surface area (Å²) in [5.41, 5.74) is 2.75. The summed E-state index contributed by atoms with van der Waals surface area (Å²) < 4.78 is 10.3. The number of benzene rings is 1. The molecule has 0 bridgehead atoms. The van der Waals surface area contributed by atoms with E-state index in [1.807, 2.05) is 32.9 Å². The second-order valence-electron chi connectivity index (χ2n) is 6.42. The number of nitrogens with zero attached hydrogens (tertiary/aromatic N) is 2. The second kappa shape index (κ2) is 8.51. The normalized spacial score (nSPS) is 11.8. The van der Waals surface area contributed by atoms with Crippen molar-refractivity contribution >= 4 is 11.9 Å². The molecule has 0 aliphatic carbocycles. The van der Waals surface area contributed by atoms with Crippen molar-refractivity contribution in [3.05, 3.63) is 46.8 Å². The van der Waals surface area contributed by atoms with Gasteiger partial charge in [-0.3, -0.25) is 4.79 Å². The van der Waals surface area contributed by atoms with Crippen LogP contribution in [0.25, 0.3) is 0 Å². The number of aliphatic carboxylic acids is 1. The van der Waals surface area contributed by atoms with Gasteiger partial charge in [-0.2, -0.15) is 0 Å². The zero-order valence-electron chi connectivity index (χ0n) is 15.5. The standard InChI is InChI=1S/C19H24N2O5/c1-12(19-13(2)20-26-14(19)3)9-17(22)21(4)10-15-5-7-16(8-6-15)25-11-18(23)24/h5-8,12H,9-11H2,1-4H3,(H,23,24). The fraction of sp³-hybridized carbons (Fsp3) is 0.421. The summed E-state index contributed by atoms with van der Waals surface area (Å²) >= 11 is 0. The lowest BCUT2D eigenvalue weighted by Gasteiger charge is -2.20. The monoisotopic (exact) mass is 360 g/mol. The lowest BCUT2D eigenvalue weighted by Crippen LogP contribution is -2.27. The molecule has 26 heavy (non-hydrogen) atoms. The Bertz CT molecular complexity index is 747. The van der Waals surface area contributed by atoms with Crippen molar-refractivity contribution in [3.8, 4) is 5.75 Å². The minimum Gasteiger partial charge on any atom is -0.482 e. The molecule has 0 fully saturated rings. The van der Waals surface area contributed by atoms with Crippen molar-refractivity contribution in [2.75, 3.05) is 13.7 Å². The predicted octanol–water partition coefficient (Wildman–Crippen LogP) is 2.91. The minimum absolute atomic E-state index is 0.0306. The summed E-state index contributed by atoms with van der Waals surface area (Å²) in [6.45, 7) is 5.81. The number of hydrogen-bond donors (Lipinski definition) is 1. The van der Waals surface area contributed by atoms with Gasteiger partial charge in [0.05, 0.1) is 5.69 Å². The van der Waals surface area contributed by atoms with E-state index in [2.05, 4.69) is 5.16 Å². The van der Waals surface area contributed by atoms with Crippen molar-refractivity contribution in [1.29, 1.82) is 0 Å². The predicted molar refractivity (Wildman–Crippen MR) is 95.1 cm³/mol. The molecule has 0 saturated heterocycles. The number of hydrogen-bond acceptors (Lipinski definition) is 5. The first-order valence-corrected chi connectivity index (χ1v) is 8.38. The van der Waals surface area contributed by atoms with Gasteiger partial charge in [0.25, 0.3) is 0 Å². The van der Waals surface area contributed by atoms with Crippen LogP contribution in [0.5, 0.6) is 5.75 Å². The van der Waals surface area contributed by atoms with Gasteiger partial charge in [0.2, 0.25) is 5.91 Å². The molecular weight excluding hydrogens is 336 g/mol. The van der Waals surface area contributed by atoms with E-state index >= 15 is 0 Å². The highest BCUT2D eigenvalue weighted by atomic mass is 16.5. The number of carboxylic acids is 1. The molecule has 0 spiro atoms. The van der Waals surface area contributed by atoms with E-state index in [1.165, 1.54) is 0 Å². The molecule has 0 radical (unpaired) electrons. The first-order chi connectivity index (χ1) is 12.3. The number of carboxylic acid groups (broad SMARTS) is 1. The van der Waals surface area contributed by atoms with Gasteiger partial charge in [-0.1, -0.05) is 24.2 Å². The van der Waals surface area contributed by atoms with Crippen LogP contribution >= 0.6 is 0 Å². The van der Waals surface area contributed by atoms with Crippen LogP contribution < -0.4 is 4.74 Å². The number of aryl methyl sites for hydroxylation is 2. The van der Waals surface area contributed by atoms with Crippen LogP contribution in [0.4, 0.5) is 0 Å². The van der Waals surface area contributed by atoms with E-state index in [4.69, 9.17) is 14.4 Å². The molecule has 1 N–H and O–H groups in total. The van der Waals surface area contributed by atoms with Crippen LogP contribution in [0.3, 0.4) is 0 Å². The maximum atomic E-state index is 12.5. The zero-order valence-corrected chi connectivity index (χ0v) is 15.5. The molecule has 1 heterocycles. The van der Waals surface area contributed by atoms with E-state index in [1.54, 1.807) is 24.1 Å². The molecule has 1 unspecified atom stereocenters. The van der Waals surface area contributed by atoms with Gasteiger partial charge in [-0.25, -0.2) is 4.79 Å². The van der Waals surface area contributed by atoms with E-state index in [9.17, 15) is 9.59 Å². The van der Waals surface area contributed by atoms with Gasteiger partial charge in [-0.15, -0.1) is 0 Å². The highest BCUT2D eigenvalue weighted by molar-refractivity contribution is 5.77. The third kappa shape index (κ3) is 5.08. The second-order valence-corrected chi connectivity index (χ2v) is 6.42. The van der Waals surface area contributed by atoms with E-state index in [0.717, 1.165) is 22.6 Å². The van der Waals surface area contributed by atoms with Crippen molar-refractivity contribution in [2.24, 2.45) is 0 Å². The van der Waals surface area contributed by atoms with Crippen LogP contribution in [-0.2, 0) is 16.1 Å². The summed E-state index contributed by atoms with van der Waals surface area (Å²) in [6.07, 6.45) is 0.374. The minimum atomic E-state index is -1.02. The summed E-state index contributed by atoms with van der Waals surface area (Å²) in [4.78, 5) is 24.7. The van der Waals surface area contributed by atoms with Crippen molar-refractivity contribution in [2.45, 2.75) is 39.7 Å². The number of carbonyl (C=O) groups is 2. The molecule has 0 aliphatic rings. The summed E-state index contributed by atoms with van der Waals surface area (Å²) in [5.74, 6) is 0.276. The molecule has 2 aromatic rings. The quantitative estimate of drug-likeness (QED) is 0.778. The molecule has 1 aromatic heterocycles. The van der Waals surface area contributed by atoms with Crippen LogP contribution in [0.1, 0.15) is 41.8 Å². The number of amides is 1. The fourth-order valence-corrected chi connectivity index (χ4v) is 2.91. The number of carbonyl (C=O) groups excluding carboxylic acids is 1. The first kappa shape index (κ1) is 19.5. The Hall–Kier alpha value is -2.83. The van der Waals surface area contributed by atoms with E-state index in [0.29, 0.717) is 18.7 Å². The largest absolute Gasteiger partial charge is 0.482 e. The maximum absolute atomic E-state index is 12.5. The van der Waals surface area contributed by atoms with Crippen LogP contribution in [-0.4, -0.2) is 40.7 Å². The van der Waals surface area contributed by atoms with Crippen LogP contribution in [0.15, 0.2) is 28.8 Å². The number of ether oxygens (including phenoxy) is 1. The lowest BCUT2D eigenvalue weighted by molar-refractivity contribution is -0.139. The zero-order chi connectivity index (χ0) is 19.3. The van der Waals surface area contributed by atoms with Crippen molar-refractivity contribution < 1.29 is 24.0 Å². The van der Waals surface area contributed by atoms with Gasteiger partial charge < -0.3 is 19.3 Å². The summed E-state index contributed by atoms with van der Waals surface area (Å²) in [5, 5.41) is 12.5. The van der Waals surface area contributed by atoms with Gasteiger partial charge in [0, 0.05) is 25.6 Å². The Morgan fingerprint density at radius 2 is 1.92 bits per heavy atom. The molecular formula is C19H24N2O5. The number of aromatic nitrogens is 1. The van der Waals surface area contributed by atoms with Crippen molar-refractivity contribution in [3.63, 3.8) is 0 Å². The maximum Gasteiger partial charge on any atom is 0.341 e. The SMILES string of the molecule is Cc1noc(C)c1C(C)CC(=O)N(C)Cc1ccc(OCC(=O)O)cc1. The molecule has 0 saturated carbocycles. The summed E-state index contributed by atoms with van der Waals surface area (Å²) in [6, 6.07) is 7.03. The molecule has 1 aromatic carbocycles. The average molecular weight is 360 g/mol. The Balaban J connectivity index is 1.91.